The van der Waals surface area contributed by atoms with Crippen LogP contribution >= 0.6 is 0 Å². The fraction of sp³-hybridized carbons (Fsp3) is 0.167. The van der Waals surface area contributed by atoms with Crippen LogP contribution in [-0.4, -0.2) is 9.78 Å². The first kappa shape index (κ1) is 13.6. The number of rotatable bonds is 5. The highest BCUT2D eigenvalue weighted by Crippen LogP contribution is 2.19. The zero-order valence-corrected chi connectivity index (χ0v) is 12.2. The van der Waals surface area contributed by atoms with Gasteiger partial charge >= 0.3 is 0 Å². The minimum Gasteiger partial charge on any atom is -0.309 e. The average molecular weight is 277 g/mol. The summed E-state index contributed by atoms with van der Waals surface area (Å²) >= 11 is 0. The van der Waals surface area contributed by atoms with E-state index in [9.17, 15) is 0 Å². The molecule has 3 nitrogen and oxygen atoms in total. The molecule has 0 saturated carbocycles. The van der Waals surface area contributed by atoms with Crippen LogP contribution in [0.15, 0.2) is 67.0 Å². The lowest BCUT2D eigenvalue weighted by atomic mass is 10.0. The van der Waals surface area contributed by atoms with Crippen molar-refractivity contribution in [3.63, 3.8) is 0 Å². The van der Waals surface area contributed by atoms with Gasteiger partial charge in [-0.3, -0.25) is 4.68 Å². The van der Waals surface area contributed by atoms with Crippen LogP contribution in [0.1, 0.15) is 11.1 Å². The van der Waals surface area contributed by atoms with Gasteiger partial charge in [0.1, 0.15) is 0 Å². The van der Waals surface area contributed by atoms with Gasteiger partial charge in [0.05, 0.1) is 6.20 Å². The van der Waals surface area contributed by atoms with E-state index in [0.29, 0.717) is 0 Å². The number of aryl methyl sites for hydroxylation is 1. The molecule has 0 atom stereocenters. The van der Waals surface area contributed by atoms with Crippen molar-refractivity contribution in [3.8, 4) is 11.1 Å². The van der Waals surface area contributed by atoms with E-state index in [4.69, 9.17) is 0 Å². The number of nitrogens with zero attached hydrogens (tertiary/aromatic N) is 2. The molecule has 1 aromatic heterocycles. The second-order valence-corrected chi connectivity index (χ2v) is 5.19. The summed E-state index contributed by atoms with van der Waals surface area (Å²) in [5.41, 5.74) is 5.01. The molecule has 3 rings (SSSR count). The maximum atomic E-state index is 4.16. The molecule has 0 radical (unpaired) electrons. The van der Waals surface area contributed by atoms with E-state index in [1.165, 1.54) is 22.3 Å². The van der Waals surface area contributed by atoms with Gasteiger partial charge in [-0.15, -0.1) is 0 Å². The van der Waals surface area contributed by atoms with Gasteiger partial charge in [0.15, 0.2) is 0 Å². The normalized spacial score (nSPS) is 10.7. The minimum absolute atomic E-state index is 0.842. The molecule has 0 saturated heterocycles. The molecule has 1 N–H and O–H groups in total. The van der Waals surface area contributed by atoms with Crippen LogP contribution in [0.25, 0.3) is 11.1 Å². The Morgan fingerprint density at radius 3 is 2.19 bits per heavy atom. The van der Waals surface area contributed by atoms with Crippen molar-refractivity contribution in [3.05, 3.63) is 78.1 Å². The lowest BCUT2D eigenvalue weighted by Crippen LogP contribution is -2.12. The zero-order valence-electron chi connectivity index (χ0n) is 12.2. The smallest absolute Gasteiger partial charge is 0.0534 e. The SMILES string of the molecule is Cn1cc(CNCc2ccc(-c3ccccc3)cc2)cn1. The number of nitrogens with one attached hydrogen (secondary N) is 1. The molecule has 0 amide bonds. The molecule has 2 aromatic carbocycles. The predicted molar refractivity (Wildman–Crippen MR) is 85.6 cm³/mol. The lowest BCUT2D eigenvalue weighted by Gasteiger charge is -2.06. The van der Waals surface area contributed by atoms with Crippen LogP contribution in [0.4, 0.5) is 0 Å². The molecule has 0 bridgehead atoms. The molecule has 1 heterocycles. The third-order valence-electron chi connectivity index (χ3n) is 3.48. The fourth-order valence-corrected chi connectivity index (χ4v) is 2.36. The summed E-state index contributed by atoms with van der Waals surface area (Å²) in [6, 6.07) is 19.2. The Kier molecular flexibility index (Phi) is 4.12. The van der Waals surface area contributed by atoms with Crippen LogP contribution in [0, 0.1) is 0 Å². The lowest BCUT2D eigenvalue weighted by molar-refractivity contribution is 0.692. The fourth-order valence-electron chi connectivity index (χ4n) is 2.36. The Hall–Kier alpha value is -2.39. The Morgan fingerprint density at radius 1 is 0.857 bits per heavy atom. The van der Waals surface area contributed by atoms with Crippen molar-refractivity contribution in [2.45, 2.75) is 13.1 Å². The van der Waals surface area contributed by atoms with Crippen LogP contribution in [0.3, 0.4) is 0 Å². The quantitative estimate of drug-likeness (QED) is 0.775. The second-order valence-electron chi connectivity index (χ2n) is 5.19. The van der Waals surface area contributed by atoms with Gasteiger partial charge in [-0.05, 0) is 16.7 Å². The van der Waals surface area contributed by atoms with Crippen molar-refractivity contribution in [2.75, 3.05) is 0 Å². The van der Waals surface area contributed by atoms with Crippen molar-refractivity contribution < 1.29 is 0 Å². The largest absolute Gasteiger partial charge is 0.309 e. The molecule has 3 heteroatoms. The Morgan fingerprint density at radius 2 is 1.52 bits per heavy atom. The van der Waals surface area contributed by atoms with Crippen LogP contribution in [-0.2, 0) is 20.1 Å². The number of hydrogen-bond donors (Lipinski definition) is 1. The molecule has 0 spiro atoms. The van der Waals surface area contributed by atoms with E-state index in [-0.39, 0.29) is 0 Å². The van der Waals surface area contributed by atoms with Gasteiger partial charge in [0, 0.05) is 31.9 Å². The van der Waals surface area contributed by atoms with Crippen molar-refractivity contribution in [1.82, 2.24) is 15.1 Å². The van der Waals surface area contributed by atoms with Gasteiger partial charge in [-0.1, -0.05) is 54.6 Å². The number of aromatic nitrogens is 2. The first-order valence-corrected chi connectivity index (χ1v) is 7.14. The van der Waals surface area contributed by atoms with E-state index in [2.05, 4.69) is 58.9 Å². The molecular weight excluding hydrogens is 258 g/mol. The maximum absolute atomic E-state index is 4.16. The molecule has 3 aromatic rings. The summed E-state index contributed by atoms with van der Waals surface area (Å²) in [4.78, 5) is 0. The van der Waals surface area contributed by atoms with Gasteiger partial charge in [0.25, 0.3) is 0 Å². The summed E-state index contributed by atoms with van der Waals surface area (Å²) in [5.74, 6) is 0. The Labute approximate surface area is 125 Å². The monoisotopic (exact) mass is 277 g/mol. The summed E-state index contributed by atoms with van der Waals surface area (Å²) in [6.07, 6.45) is 3.93. The van der Waals surface area contributed by atoms with Crippen LogP contribution in [0.2, 0.25) is 0 Å². The molecule has 106 valence electrons. The molecule has 0 unspecified atom stereocenters. The second kappa shape index (κ2) is 6.37. The topological polar surface area (TPSA) is 29.9 Å². The molecule has 0 aliphatic rings. The average Bonchev–Trinajstić information content (AvgIpc) is 2.94. The molecule has 0 aliphatic heterocycles. The van der Waals surface area contributed by atoms with Gasteiger partial charge in [-0.25, -0.2) is 0 Å². The van der Waals surface area contributed by atoms with E-state index in [1.807, 2.05) is 30.2 Å². The van der Waals surface area contributed by atoms with E-state index in [1.54, 1.807) is 0 Å². The van der Waals surface area contributed by atoms with Crippen LogP contribution in [0.5, 0.6) is 0 Å². The number of benzene rings is 2. The predicted octanol–water partition coefficient (Wildman–Crippen LogP) is 3.38. The summed E-state index contributed by atoms with van der Waals surface area (Å²) < 4.78 is 1.83. The third-order valence-corrected chi connectivity index (χ3v) is 3.48. The summed E-state index contributed by atoms with van der Waals surface area (Å²) in [7, 11) is 1.94. The van der Waals surface area contributed by atoms with Gasteiger partial charge in [-0.2, -0.15) is 5.10 Å². The Bertz CT molecular complexity index is 684. The number of hydrogen-bond acceptors (Lipinski definition) is 2. The van der Waals surface area contributed by atoms with E-state index in [0.717, 1.165) is 13.1 Å². The first-order chi connectivity index (χ1) is 10.3. The van der Waals surface area contributed by atoms with E-state index < -0.39 is 0 Å². The minimum atomic E-state index is 0.842. The summed E-state index contributed by atoms with van der Waals surface area (Å²) in [5, 5.41) is 7.60. The third kappa shape index (κ3) is 3.58. The van der Waals surface area contributed by atoms with Crippen LogP contribution < -0.4 is 5.32 Å². The van der Waals surface area contributed by atoms with Crippen molar-refractivity contribution in [1.29, 1.82) is 0 Å². The van der Waals surface area contributed by atoms with E-state index >= 15 is 0 Å². The standard InChI is InChI=1S/C18H19N3/c1-21-14-16(13-20-21)12-19-11-15-7-9-18(10-8-15)17-5-3-2-4-6-17/h2-10,13-14,19H,11-12H2,1H3. The highest BCUT2D eigenvalue weighted by Gasteiger charge is 1.99. The highest BCUT2D eigenvalue weighted by molar-refractivity contribution is 5.63. The zero-order chi connectivity index (χ0) is 14.5. The van der Waals surface area contributed by atoms with Crippen molar-refractivity contribution >= 4 is 0 Å². The highest BCUT2D eigenvalue weighted by atomic mass is 15.2. The maximum Gasteiger partial charge on any atom is 0.0534 e. The molecule has 21 heavy (non-hydrogen) atoms. The molecular formula is C18H19N3. The molecule has 0 fully saturated rings. The summed E-state index contributed by atoms with van der Waals surface area (Å²) in [6.45, 7) is 1.71. The van der Waals surface area contributed by atoms with Crippen molar-refractivity contribution in [2.24, 2.45) is 7.05 Å². The van der Waals surface area contributed by atoms with Gasteiger partial charge < -0.3 is 5.32 Å². The van der Waals surface area contributed by atoms with Gasteiger partial charge in [0.2, 0.25) is 0 Å². The molecule has 0 aliphatic carbocycles. The first-order valence-electron chi connectivity index (χ1n) is 7.14. The Balaban J connectivity index is 1.57.